The summed E-state index contributed by atoms with van der Waals surface area (Å²) in [5.74, 6) is -0.152. The van der Waals surface area contributed by atoms with E-state index in [2.05, 4.69) is 24.3 Å². The third-order valence-corrected chi connectivity index (χ3v) is 3.43. The molecule has 0 bridgehead atoms. The second-order valence-corrected chi connectivity index (χ2v) is 6.03. The van der Waals surface area contributed by atoms with E-state index in [9.17, 15) is 9.59 Å². The van der Waals surface area contributed by atoms with Gasteiger partial charge in [0.2, 0.25) is 11.8 Å². The number of hydrogen-bond donors (Lipinski definition) is 1. The summed E-state index contributed by atoms with van der Waals surface area (Å²) in [5.41, 5.74) is -0.00835. The number of nitrogens with one attached hydrogen (secondary N) is 1. The van der Waals surface area contributed by atoms with Gasteiger partial charge in [-0.3, -0.25) is 14.3 Å². The molecule has 0 aliphatic carbocycles. The lowest BCUT2D eigenvalue weighted by atomic mass is 10.0. The normalized spacial score (nSPS) is 19.1. The minimum absolute atomic E-state index is 0.0672. The Balaban J connectivity index is 2.14. The van der Waals surface area contributed by atoms with Gasteiger partial charge in [-0.15, -0.1) is 0 Å². The van der Waals surface area contributed by atoms with Gasteiger partial charge in [-0.1, -0.05) is 0 Å². The highest BCUT2D eigenvalue weighted by molar-refractivity contribution is 5.92. The van der Waals surface area contributed by atoms with E-state index >= 15 is 0 Å². The van der Waals surface area contributed by atoms with Crippen molar-refractivity contribution in [1.82, 2.24) is 20.0 Å². The molecular weight excluding hydrogens is 256 g/mol. The van der Waals surface area contributed by atoms with Crippen molar-refractivity contribution in [3.8, 4) is 0 Å². The number of nitrogens with zero attached hydrogens (tertiary/aromatic N) is 3. The highest BCUT2D eigenvalue weighted by Crippen LogP contribution is 2.16. The lowest BCUT2D eigenvalue weighted by Crippen LogP contribution is -2.52. The molecule has 6 heteroatoms. The molecule has 1 aliphatic rings. The molecule has 20 heavy (non-hydrogen) atoms. The maximum absolute atomic E-state index is 12.4. The van der Waals surface area contributed by atoms with Crippen LogP contribution in [0.3, 0.4) is 0 Å². The van der Waals surface area contributed by atoms with E-state index in [4.69, 9.17) is 0 Å². The fourth-order valence-corrected chi connectivity index (χ4v) is 2.29. The van der Waals surface area contributed by atoms with Gasteiger partial charge in [0.25, 0.3) is 0 Å². The molecule has 0 aromatic carbocycles. The summed E-state index contributed by atoms with van der Waals surface area (Å²) in [7, 11) is 0. The summed E-state index contributed by atoms with van der Waals surface area (Å²) in [5, 5.41) is 7.20. The van der Waals surface area contributed by atoms with Gasteiger partial charge in [-0.05, 0) is 33.8 Å². The van der Waals surface area contributed by atoms with Crippen LogP contribution in [0.1, 0.15) is 45.9 Å². The molecular formula is C14H22N4O2. The maximum atomic E-state index is 12.4. The molecule has 0 saturated carbocycles. The van der Waals surface area contributed by atoms with Gasteiger partial charge in [-0.25, -0.2) is 0 Å². The smallest absolute Gasteiger partial charge is 0.248 e. The molecule has 1 fully saturated rings. The van der Waals surface area contributed by atoms with E-state index in [0.717, 1.165) is 5.69 Å². The molecule has 1 aliphatic heterocycles. The Morgan fingerprint density at radius 1 is 1.40 bits per heavy atom. The van der Waals surface area contributed by atoms with Crippen molar-refractivity contribution in [3.63, 3.8) is 0 Å². The standard InChI is InChI=1S/C14H22N4O2/c1-10(2)18-8-5-11(16-18)9-17-7-6-12(19)15-14(3,4)13(17)20/h5,8,10H,6-7,9H2,1-4H3,(H,15,19). The molecule has 1 aromatic rings. The molecule has 0 unspecified atom stereocenters. The average Bonchev–Trinajstić information content (AvgIpc) is 2.78. The zero-order chi connectivity index (χ0) is 14.9. The Kier molecular flexibility index (Phi) is 3.83. The molecule has 2 rings (SSSR count). The lowest BCUT2D eigenvalue weighted by Gasteiger charge is -2.28. The predicted octanol–water partition coefficient (Wildman–Crippen LogP) is 1.09. The van der Waals surface area contributed by atoms with Crippen molar-refractivity contribution >= 4 is 11.8 Å². The van der Waals surface area contributed by atoms with Crippen LogP contribution in [-0.2, 0) is 16.1 Å². The van der Waals surface area contributed by atoms with E-state index in [-0.39, 0.29) is 11.8 Å². The second kappa shape index (κ2) is 5.26. The Morgan fingerprint density at radius 3 is 2.70 bits per heavy atom. The molecule has 1 N–H and O–H groups in total. The average molecular weight is 278 g/mol. The third kappa shape index (κ3) is 3.00. The molecule has 0 spiro atoms. The molecule has 1 saturated heterocycles. The molecule has 0 atom stereocenters. The zero-order valence-electron chi connectivity index (χ0n) is 12.5. The van der Waals surface area contributed by atoms with Crippen LogP contribution in [0.15, 0.2) is 12.3 Å². The number of carbonyl (C=O) groups is 2. The first kappa shape index (κ1) is 14.6. The monoisotopic (exact) mass is 278 g/mol. The van der Waals surface area contributed by atoms with Crippen molar-refractivity contribution in [2.75, 3.05) is 6.54 Å². The first-order valence-corrected chi connectivity index (χ1v) is 6.94. The van der Waals surface area contributed by atoms with E-state index in [1.54, 1.807) is 18.7 Å². The topological polar surface area (TPSA) is 67.2 Å². The first-order valence-electron chi connectivity index (χ1n) is 6.94. The van der Waals surface area contributed by atoms with Gasteiger partial charge in [0.1, 0.15) is 5.54 Å². The van der Waals surface area contributed by atoms with Gasteiger partial charge >= 0.3 is 0 Å². The van der Waals surface area contributed by atoms with Crippen molar-refractivity contribution in [2.45, 2.75) is 52.2 Å². The number of aromatic nitrogens is 2. The highest BCUT2D eigenvalue weighted by atomic mass is 16.2. The van der Waals surface area contributed by atoms with Crippen LogP contribution >= 0.6 is 0 Å². The van der Waals surface area contributed by atoms with Crippen molar-refractivity contribution in [3.05, 3.63) is 18.0 Å². The number of carbonyl (C=O) groups excluding carboxylic acids is 2. The molecule has 2 amide bonds. The fourth-order valence-electron chi connectivity index (χ4n) is 2.29. The largest absolute Gasteiger partial charge is 0.342 e. The summed E-state index contributed by atoms with van der Waals surface area (Å²) < 4.78 is 1.87. The van der Waals surface area contributed by atoms with Crippen LogP contribution in [0.4, 0.5) is 0 Å². The van der Waals surface area contributed by atoms with E-state index in [1.807, 2.05) is 16.9 Å². The Labute approximate surface area is 119 Å². The summed E-state index contributed by atoms with van der Waals surface area (Å²) >= 11 is 0. The Morgan fingerprint density at radius 2 is 2.10 bits per heavy atom. The highest BCUT2D eigenvalue weighted by Gasteiger charge is 2.36. The summed E-state index contributed by atoms with van der Waals surface area (Å²) in [4.78, 5) is 25.8. The third-order valence-electron chi connectivity index (χ3n) is 3.43. The van der Waals surface area contributed by atoms with Crippen molar-refractivity contribution in [2.24, 2.45) is 0 Å². The van der Waals surface area contributed by atoms with E-state index in [1.165, 1.54) is 0 Å². The second-order valence-electron chi connectivity index (χ2n) is 6.03. The van der Waals surface area contributed by atoms with E-state index < -0.39 is 5.54 Å². The van der Waals surface area contributed by atoms with Crippen molar-refractivity contribution in [1.29, 1.82) is 0 Å². The number of amides is 2. The summed E-state index contributed by atoms with van der Waals surface area (Å²) in [6, 6.07) is 2.21. The maximum Gasteiger partial charge on any atom is 0.248 e. The molecule has 0 radical (unpaired) electrons. The summed E-state index contributed by atoms with van der Waals surface area (Å²) in [6.45, 7) is 8.45. The molecule has 6 nitrogen and oxygen atoms in total. The quantitative estimate of drug-likeness (QED) is 0.900. The van der Waals surface area contributed by atoms with Crippen molar-refractivity contribution < 1.29 is 9.59 Å². The van der Waals surface area contributed by atoms with Crippen LogP contribution in [0, 0.1) is 0 Å². The van der Waals surface area contributed by atoms with Gasteiger partial charge in [0, 0.05) is 25.2 Å². The Bertz CT molecular complexity index is 519. The zero-order valence-corrected chi connectivity index (χ0v) is 12.5. The SMILES string of the molecule is CC(C)n1ccc(CN2CCC(=O)NC(C)(C)C2=O)n1. The van der Waals surface area contributed by atoms with Gasteiger partial charge in [-0.2, -0.15) is 5.10 Å². The molecule has 2 heterocycles. The minimum atomic E-state index is -0.853. The van der Waals surface area contributed by atoms with Gasteiger partial charge < -0.3 is 10.2 Å². The molecule has 110 valence electrons. The lowest BCUT2D eigenvalue weighted by molar-refractivity contribution is -0.137. The first-order chi connectivity index (χ1) is 9.29. The van der Waals surface area contributed by atoms with Gasteiger partial charge in [0.15, 0.2) is 0 Å². The van der Waals surface area contributed by atoms with Crippen LogP contribution in [0.2, 0.25) is 0 Å². The van der Waals surface area contributed by atoms with Gasteiger partial charge in [0.05, 0.1) is 12.2 Å². The predicted molar refractivity (Wildman–Crippen MR) is 74.9 cm³/mol. The van der Waals surface area contributed by atoms with Crippen LogP contribution in [0.5, 0.6) is 0 Å². The molecule has 1 aromatic heterocycles. The fraction of sp³-hybridized carbons (Fsp3) is 0.643. The minimum Gasteiger partial charge on any atom is -0.342 e. The number of hydrogen-bond acceptors (Lipinski definition) is 3. The van der Waals surface area contributed by atoms with E-state index in [0.29, 0.717) is 25.6 Å². The summed E-state index contributed by atoms with van der Waals surface area (Å²) in [6.07, 6.45) is 2.25. The Hall–Kier alpha value is -1.85. The van der Waals surface area contributed by atoms with Crippen LogP contribution in [0.25, 0.3) is 0 Å². The number of rotatable bonds is 3. The van der Waals surface area contributed by atoms with Crippen LogP contribution in [-0.4, -0.2) is 38.6 Å². The van der Waals surface area contributed by atoms with Crippen LogP contribution < -0.4 is 5.32 Å².